The Labute approximate surface area is 171 Å². The molecular formula is C22H31N6O+. The summed E-state index contributed by atoms with van der Waals surface area (Å²) in [5, 5.41) is 4.38. The van der Waals surface area contributed by atoms with E-state index in [0.717, 1.165) is 35.6 Å². The van der Waals surface area contributed by atoms with Crippen LogP contribution in [0.3, 0.4) is 0 Å². The zero-order valence-electron chi connectivity index (χ0n) is 17.9. The number of hydrogen-bond acceptors (Lipinski definition) is 3. The van der Waals surface area contributed by atoms with Crippen LogP contribution in [0.1, 0.15) is 41.8 Å². The molecule has 4 rings (SSSR count). The van der Waals surface area contributed by atoms with E-state index in [9.17, 15) is 4.79 Å². The van der Waals surface area contributed by atoms with Crippen LogP contribution < -0.4 is 4.90 Å². The van der Waals surface area contributed by atoms with Crippen LogP contribution >= 0.6 is 0 Å². The number of carbonyl (C=O) groups excluding carboxylic acids is 1. The number of imidazole rings is 1. The Bertz CT molecular complexity index is 1020. The van der Waals surface area contributed by atoms with E-state index in [1.807, 2.05) is 50.2 Å². The van der Waals surface area contributed by atoms with Gasteiger partial charge in [-0.2, -0.15) is 5.10 Å². The van der Waals surface area contributed by atoms with E-state index in [-0.39, 0.29) is 5.91 Å². The van der Waals surface area contributed by atoms with Crippen LogP contribution in [0.4, 0.5) is 0 Å². The second-order valence-electron chi connectivity index (χ2n) is 8.16. The minimum absolute atomic E-state index is 0.0301. The van der Waals surface area contributed by atoms with Crippen molar-refractivity contribution in [1.29, 1.82) is 0 Å². The molecule has 1 aliphatic rings. The second kappa shape index (κ2) is 7.99. The monoisotopic (exact) mass is 395 g/mol. The number of fused-ring (bicyclic) bond motifs is 1. The van der Waals surface area contributed by atoms with Crippen molar-refractivity contribution in [2.45, 2.75) is 39.3 Å². The Morgan fingerprint density at radius 3 is 2.79 bits per heavy atom. The lowest BCUT2D eigenvalue weighted by molar-refractivity contribution is -0.909. The number of likely N-dealkylation sites (N-methyl/N-ethyl adjacent to an activating group) is 1. The number of carbonyl (C=O) groups is 1. The van der Waals surface area contributed by atoms with Gasteiger partial charge in [-0.25, -0.2) is 4.98 Å². The van der Waals surface area contributed by atoms with Gasteiger partial charge in [0.25, 0.3) is 5.91 Å². The Kier molecular flexibility index (Phi) is 5.41. The highest BCUT2D eigenvalue weighted by Gasteiger charge is 2.32. The van der Waals surface area contributed by atoms with Gasteiger partial charge in [-0.15, -0.1) is 0 Å². The Balaban J connectivity index is 1.66. The van der Waals surface area contributed by atoms with Crippen molar-refractivity contribution in [3.63, 3.8) is 0 Å². The van der Waals surface area contributed by atoms with E-state index in [4.69, 9.17) is 4.98 Å². The molecule has 0 aliphatic carbocycles. The molecule has 2 aromatic heterocycles. The summed E-state index contributed by atoms with van der Waals surface area (Å²) in [5.41, 5.74) is 3.56. The summed E-state index contributed by atoms with van der Waals surface area (Å²) in [6.07, 6.45) is 2.40. The average Bonchev–Trinajstić information content (AvgIpc) is 3.39. The van der Waals surface area contributed by atoms with Gasteiger partial charge in [-0.3, -0.25) is 9.48 Å². The zero-order valence-corrected chi connectivity index (χ0v) is 17.9. The van der Waals surface area contributed by atoms with Crippen molar-refractivity contribution in [3.05, 3.63) is 47.5 Å². The number of quaternary nitrogens is 1. The third kappa shape index (κ3) is 3.79. The molecule has 7 nitrogen and oxygen atoms in total. The molecule has 0 spiro atoms. The number of nitrogens with one attached hydrogen (secondary N) is 1. The van der Waals surface area contributed by atoms with Crippen molar-refractivity contribution in [3.8, 4) is 0 Å². The Morgan fingerprint density at radius 2 is 2.10 bits per heavy atom. The van der Waals surface area contributed by atoms with Crippen molar-refractivity contribution in [2.24, 2.45) is 14.1 Å². The quantitative estimate of drug-likeness (QED) is 0.685. The standard InChI is InChI=1S/C22H30N6O/c1-5-27-12-8-9-17(27)14-28(22(29)20-13-16(2)24-26(20)4)15-21-23-18-10-6-7-11-19(18)25(21)3/h6-7,10-11,13,17H,5,8-9,12,14-15H2,1-4H3/p+1/t17-/m0/s1. The molecule has 3 heterocycles. The molecule has 0 saturated carbocycles. The molecule has 1 N–H and O–H groups in total. The van der Waals surface area contributed by atoms with Crippen LogP contribution in [0.2, 0.25) is 0 Å². The molecule has 0 bridgehead atoms. The molecule has 1 unspecified atom stereocenters. The Hall–Kier alpha value is -2.67. The van der Waals surface area contributed by atoms with Gasteiger partial charge in [-0.05, 0) is 32.0 Å². The van der Waals surface area contributed by atoms with Crippen molar-refractivity contribution >= 4 is 16.9 Å². The highest BCUT2D eigenvalue weighted by Crippen LogP contribution is 2.18. The summed E-state index contributed by atoms with van der Waals surface area (Å²) in [6, 6.07) is 10.5. The first-order valence-corrected chi connectivity index (χ1v) is 10.5. The second-order valence-corrected chi connectivity index (χ2v) is 8.16. The van der Waals surface area contributed by atoms with Gasteiger partial charge in [0.1, 0.15) is 17.6 Å². The third-order valence-corrected chi connectivity index (χ3v) is 6.24. The fraction of sp³-hybridized carbons (Fsp3) is 0.500. The molecule has 7 heteroatoms. The van der Waals surface area contributed by atoms with Gasteiger partial charge >= 0.3 is 0 Å². The molecule has 1 aromatic carbocycles. The van der Waals surface area contributed by atoms with Crippen molar-refractivity contribution < 1.29 is 9.69 Å². The van der Waals surface area contributed by atoms with E-state index in [0.29, 0.717) is 18.3 Å². The third-order valence-electron chi connectivity index (χ3n) is 6.24. The fourth-order valence-electron chi connectivity index (χ4n) is 4.64. The number of amides is 1. The van der Waals surface area contributed by atoms with Crippen LogP contribution in [0, 0.1) is 6.92 Å². The summed E-state index contributed by atoms with van der Waals surface area (Å²) >= 11 is 0. The summed E-state index contributed by atoms with van der Waals surface area (Å²) in [4.78, 5) is 21.9. The number of rotatable bonds is 6. The summed E-state index contributed by atoms with van der Waals surface area (Å²) in [6.45, 7) is 7.70. The van der Waals surface area contributed by atoms with E-state index in [1.165, 1.54) is 19.4 Å². The molecule has 2 atom stereocenters. The zero-order chi connectivity index (χ0) is 20.5. The number of aryl methyl sites for hydroxylation is 3. The first kappa shape index (κ1) is 19.6. The minimum Gasteiger partial charge on any atom is -0.331 e. The molecule has 0 radical (unpaired) electrons. The number of hydrogen-bond donors (Lipinski definition) is 1. The Morgan fingerprint density at radius 1 is 1.31 bits per heavy atom. The number of nitrogens with zero attached hydrogens (tertiary/aromatic N) is 5. The lowest BCUT2D eigenvalue weighted by atomic mass is 10.2. The minimum atomic E-state index is 0.0301. The molecular weight excluding hydrogens is 364 g/mol. The maximum Gasteiger partial charge on any atom is 0.272 e. The summed E-state index contributed by atoms with van der Waals surface area (Å²) in [5.74, 6) is 0.942. The maximum atomic E-state index is 13.5. The van der Waals surface area contributed by atoms with E-state index < -0.39 is 0 Å². The molecule has 1 aliphatic heterocycles. The molecule has 1 amide bonds. The van der Waals surface area contributed by atoms with Crippen LogP contribution in [0.5, 0.6) is 0 Å². The largest absolute Gasteiger partial charge is 0.331 e. The van der Waals surface area contributed by atoms with Crippen molar-refractivity contribution in [2.75, 3.05) is 19.6 Å². The van der Waals surface area contributed by atoms with Gasteiger partial charge in [0, 0.05) is 26.9 Å². The highest BCUT2D eigenvalue weighted by atomic mass is 16.2. The molecule has 29 heavy (non-hydrogen) atoms. The predicted octanol–water partition coefficient (Wildman–Crippen LogP) is 1.32. The van der Waals surface area contributed by atoms with Crippen LogP contribution in [-0.2, 0) is 20.6 Å². The molecule has 3 aromatic rings. The first-order valence-electron chi connectivity index (χ1n) is 10.5. The van der Waals surface area contributed by atoms with Gasteiger partial charge in [0.2, 0.25) is 0 Å². The molecule has 1 fully saturated rings. The van der Waals surface area contributed by atoms with Gasteiger partial charge in [0.15, 0.2) is 0 Å². The number of para-hydroxylation sites is 2. The van der Waals surface area contributed by atoms with Gasteiger partial charge in [0.05, 0.1) is 42.9 Å². The number of aromatic nitrogens is 4. The first-order chi connectivity index (χ1) is 14.0. The predicted molar refractivity (Wildman–Crippen MR) is 113 cm³/mol. The van der Waals surface area contributed by atoms with E-state index in [2.05, 4.69) is 22.7 Å². The number of benzene rings is 1. The van der Waals surface area contributed by atoms with Crippen LogP contribution in [0.25, 0.3) is 11.0 Å². The lowest BCUT2D eigenvalue weighted by Crippen LogP contribution is -3.14. The SMILES string of the molecule is CC[NH+]1CCC[C@H]1CN(Cc1nc2ccccc2n1C)C(=O)c1cc(C)nn1C. The van der Waals surface area contributed by atoms with Crippen LogP contribution in [0.15, 0.2) is 30.3 Å². The number of likely N-dealkylation sites (tertiary alicyclic amines) is 1. The van der Waals surface area contributed by atoms with Gasteiger partial charge < -0.3 is 14.4 Å². The van der Waals surface area contributed by atoms with Crippen molar-refractivity contribution in [1.82, 2.24) is 24.2 Å². The van der Waals surface area contributed by atoms with E-state index >= 15 is 0 Å². The topological polar surface area (TPSA) is 60.4 Å². The maximum absolute atomic E-state index is 13.5. The molecule has 1 saturated heterocycles. The van der Waals surface area contributed by atoms with E-state index in [1.54, 1.807) is 9.58 Å². The summed E-state index contributed by atoms with van der Waals surface area (Å²) in [7, 11) is 3.87. The normalized spacial score (nSPS) is 19.2. The van der Waals surface area contributed by atoms with Gasteiger partial charge in [-0.1, -0.05) is 12.1 Å². The fourth-order valence-corrected chi connectivity index (χ4v) is 4.64. The summed E-state index contributed by atoms with van der Waals surface area (Å²) < 4.78 is 3.79. The molecule has 154 valence electrons. The van der Waals surface area contributed by atoms with Crippen LogP contribution in [-0.4, -0.2) is 55.8 Å². The smallest absolute Gasteiger partial charge is 0.272 e. The lowest BCUT2D eigenvalue weighted by Gasteiger charge is -2.28. The highest BCUT2D eigenvalue weighted by molar-refractivity contribution is 5.92. The average molecular weight is 396 g/mol.